The zero-order valence-electron chi connectivity index (χ0n) is 10.1. The molecule has 0 unspecified atom stereocenters. The van der Waals surface area contributed by atoms with Crippen molar-refractivity contribution in [1.82, 2.24) is 4.98 Å². The molecular weight excluding hydrogens is 268 g/mol. The van der Waals surface area contributed by atoms with Crippen LogP contribution in [0.5, 0.6) is 5.75 Å². The zero-order chi connectivity index (χ0) is 13.8. The lowest BCUT2D eigenvalue weighted by Gasteiger charge is -2.12. The summed E-state index contributed by atoms with van der Waals surface area (Å²) in [5.41, 5.74) is 2.80. The Hall–Kier alpha value is -1.99. The van der Waals surface area contributed by atoms with Crippen LogP contribution in [0.1, 0.15) is 24.3 Å². The van der Waals surface area contributed by atoms with E-state index in [1.54, 1.807) is 5.51 Å². The first-order valence-corrected chi connectivity index (χ1v) is 6.48. The number of hydrogen-bond acceptors (Lipinski definition) is 6. The van der Waals surface area contributed by atoms with Crippen LogP contribution in [0.4, 0.5) is 5.69 Å². The van der Waals surface area contributed by atoms with Gasteiger partial charge in [-0.1, -0.05) is 0 Å². The van der Waals surface area contributed by atoms with Crippen molar-refractivity contribution in [1.29, 1.82) is 0 Å². The van der Waals surface area contributed by atoms with Gasteiger partial charge in [-0.3, -0.25) is 10.1 Å². The van der Waals surface area contributed by atoms with Gasteiger partial charge >= 0.3 is 0 Å². The first kappa shape index (κ1) is 13.4. The molecule has 0 spiro atoms. The van der Waals surface area contributed by atoms with E-state index in [1.807, 2.05) is 5.38 Å². The average molecular weight is 280 g/mol. The van der Waals surface area contributed by atoms with Gasteiger partial charge in [0.25, 0.3) is 5.69 Å². The third-order valence-corrected chi connectivity index (χ3v) is 3.15. The highest BCUT2D eigenvalue weighted by Gasteiger charge is 2.15. The quantitative estimate of drug-likeness (QED) is 0.672. The Kier molecular flexibility index (Phi) is 4.08. The topological polar surface area (TPSA) is 85.5 Å². The third-order valence-electron chi connectivity index (χ3n) is 2.51. The van der Waals surface area contributed by atoms with Gasteiger partial charge in [0, 0.05) is 23.1 Å². The van der Waals surface area contributed by atoms with Gasteiger partial charge in [-0.2, -0.15) is 0 Å². The number of nitro benzene ring substituents is 1. The maximum Gasteiger partial charge on any atom is 0.270 e. The maximum absolute atomic E-state index is 10.7. The van der Waals surface area contributed by atoms with Gasteiger partial charge < -0.3 is 9.84 Å². The molecule has 2 rings (SSSR count). The number of benzene rings is 1. The standard InChI is InChI=1S/C12H12N2O4S/c1-8(15)11-4-10(14(16)17)2-3-12(11)18-5-9-6-19-7-13-9/h2-4,6-8,15H,5H2,1H3/t8-/m0/s1. The Morgan fingerprint density at radius 1 is 1.58 bits per heavy atom. The van der Waals surface area contributed by atoms with Crippen molar-refractivity contribution in [2.24, 2.45) is 0 Å². The molecule has 0 saturated carbocycles. The van der Waals surface area contributed by atoms with Crippen molar-refractivity contribution in [3.63, 3.8) is 0 Å². The van der Waals surface area contributed by atoms with Crippen molar-refractivity contribution >= 4 is 17.0 Å². The molecule has 0 aliphatic carbocycles. The number of ether oxygens (including phenoxy) is 1. The van der Waals surface area contributed by atoms with E-state index in [0.29, 0.717) is 11.3 Å². The van der Waals surface area contributed by atoms with E-state index in [-0.39, 0.29) is 12.3 Å². The van der Waals surface area contributed by atoms with E-state index in [0.717, 1.165) is 5.69 Å². The first-order chi connectivity index (χ1) is 9.08. The Morgan fingerprint density at radius 3 is 2.95 bits per heavy atom. The predicted octanol–water partition coefficient (Wildman–Crippen LogP) is 2.68. The normalized spacial score (nSPS) is 12.1. The Bertz CT molecular complexity index is 569. The molecule has 0 radical (unpaired) electrons. The Morgan fingerprint density at radius 2 is 2.37 bits per heavy atom. The van der Waals surface area contributed by atoms with E-state index in [1.165, 1.54) is 36.5 Å². The van der Waals surface area contributed by atoms with Gasteiger partial charge in [-0.15, -0.1) is 11.3 Å². The number of aromatic nitrogens is 1. The SMILES string of the molecule is C[C@H](O)c1cc([N+](=O)[O-])ccc1OCc1cscn1. The maximum atomic E-state index is 10.7. The fourth-order valence-corrected chi connectivity index (χ4v) is 2.11. The molecule has 19 heavy (non-hydrogen) atoms. The number of rotatable bonds is 5. The Labute approximate surface area is 113 Å². The second-order valence-corrected chi connectivity index (χ2v) is 4.64. The molecule has 2 aromatic rings. The zero-order valence-corrected chi connectivity index (χ0v) is 11.0. The highest BCUT2D eigenvalue weighted by atomic mass is 32.1. The lowest BCUT2D eigenvalue weighted by atomic mass is 10.1. The third kappa shape index (κ3) is 3.27. The predicted molar refractivity (Wildman–Crippen MR) is 70.2 cm³/mol. The fraction of sp³-hybridized carbons (Fsp3) is 0.250. The smallest absolute Gasteiger partial charge is 0.270 e. The summed E-state index contributed by atoms with van der Waals surface area (Å²) in [6.45, 7) is 1.80. The molecule has 0 aliphatic heterocycles. The number of hydrogen-bond donors (Lipinski definition) is 1. The highest BCUT2D eigenvalue weighted by molar-refractivity contribution is 7.07. The summed E-state index contributed by atoms with van der Waals surface area (Å²) in [6.07, 6.45) is -0.842. The van der Waals surface area contributed by atoms with E-state index in [9.17, 15) is 15.2 Å². The summed E-state index contributed by atoms with van der Waals surface area (Å²) in [5, 5.41) is 22.2. The summed E-state index contributed by atoms with van der Waals surface area (Å²) in [7, 11) is 0. The molecule has 6 nitrogen and oxygen atoms in total. The molecule has 1 aromatic heterocycles. The van der Waals surface area contributed by atoms with Crippen molar-refractivity contribution in [2.75, 3.05) is 0 Å². The van der Waals surface area contributed by atoms with Crippen molar-refractivity contribution < 1.29 is 14.8 Å². The van der Waals surface area contributed by atoms with Crippen molar-refractivity contribution in [2.45, 2.75) is 19.6 Å². The van der Waals surface area contributed by atoms with Gasteiger partial charge in [0.15, 0.2) is 0 Å². The number of aliphatic hydroxyl groups is 1. The van der Waals surface area contributed by atoms with Crippen LogP contribution in [-0.2, 0) is 6.61 Å². The Balaban J connectivity index is 2.21. The minimum atomic E-state index is -0.842. The van der Waals surface area contributed by atoms with Crippen LogP contribution >= 0.6 is 11.3 Å². The summed E-state index contributed by atoms with van der Waals surface area (Å²) in [4.78, 5) is 14.3. The van der Waals surface area contributed by atoms with Crippen LogP contribution in [-0.4, -0.2) is 15.0 Å². The highest BCUT2D eigenvalue weighted by Crippen LogP contribution is 2.29. The minimum absolute atomic E-state index is 0.0723. The van der Waals surface area contributed by atoms with Gasteiger partial charge in [0.1, 0.15) is 12.4 Å². The van der Waals surface area contributed by atoms with Crippen LogP contribution in [0.15, 0.2) is 29.1 Å². The van der Waals surface area contributed by atoms with E-state index in [2.05, 4.69) is 4.98 Å². The van der Waals surface area contributed by atoms with Gasteiger partial charge in [0.2, 0.25) is 0 Å². The van der Waals surface area contributed by atoms with Gasteiger partial charge in [-0.25, -0.2) is 4.98 Å². The molecule has 0 saturated heterocycles. The largest absolute Gasteiger partial charge is 0.487 e. The van der Waals surface area contributed by atoms with Crippen LogP contribution in [0.2, 0.25) is 0 Å². The van der Waals surface area contributed by atoms with Crippen LogP contribution in [0.3, 0.4) is 0 Å². The molecule has 100 valence electrons. The van der Waals surface area contributed by atoms with E-state index >= 15 is 0 Å². The monoisotopic (exact) mass is 280 g/mol. The average Bonchev–Trinajstić information content (AvgIpc) is 2.89. The van der Waals surface area contributed by atoms with Crippen LogP contribution < -0.4 is 4.74 Å². The molecule has 0 amide bonds. The molecule has 0 aliphatic rings. The van der Waals surface area contributed by atoms with Crippen LogP contribution in [0.25, 0.3) is 0 Å². The van der Waals surface area contributed by atoms with E-state index in [4.69, 9.17) is 4.74 Å². The lowest BCUT2D eigenvalue weighted by molar-refractivity contribution is -0.385. The first-order valence-electron chi connectivity index (χ1n) is 5.54. The van der Waals surface area contributed by atoms with Gasteiger partial charge in [0.05, 0.1) is 22.2 Å². The number of thiazole rings is 1. The number of non-ortho nitro benzene ring substituents is 1. The van der Waals surface area contributed by atoms with Crippen molar-refractivity contribution in [3.05, 3.63) is 50.5 Å². The number of nitrogens with zero attached hydrogens (tertiary/aromatic N) is 2. The molecule has 1 atom stereocenters. The van der Waals surface area contributed by atoms with E-state index < -0.39 is 11.0 Å². The molecule has 1 heterocycles. The molecule has 7 heteroatoms. The molecule has 1 aromatic carbocycles. The summed E-state index contributed by atoms with van der Waals surface area (Å²) in [5.74, 6) is 0.425. The number of nitro groups is 1. The van der Waals surface area contributed by atoms with Gasteiger partial charge in [-0.05, 0) is 13.0 Å². The minimum Gasteiger partial charge on any atom is -0.487 e. The molecular formula is C12H12N2O4S. The van der Waals surface area contributed by atoms with Crippen molar-refractivity contribution in [3.8, 4) is 5.75 Å². The molecule has 0 fully saturated rings. The summed E-state index contributed by atoms with van der Waals surface area (Å²) >= 11 is 1.46. The number of aliphatic hydroxyl groups excluding tert-OH is 1. The molecule has 1 N–H and O–H groups in total. The fourth-order valence-electron chi connectivity index (χ4n) is 1.57. The summed E-state index contributed by atoms with van der Waals surface area (Å²) < 4.78 is 5.54. The second-order valence-electron chi connectivity index (χ2n) is 3.92. The lowest BCUT2D eigenvalue weighted by Crippen LogP contribution is -2.02. The van der Waals surface area contributed by atoms with Crippen LogP contribution in [0, 0.1) is 10.1 Å². The summed E-state index contributed by atoms with van der Waals surface area (Å²) in [6, 6.07) is 4.16. The second kappa shape index (κ2) is 5.77. The molecule has 0 bridgehead atoms.